The summed E-state index contributed by atoms with van der Waals surface area (Å²) in [5.41, 5.74) is 0. The molecule has 0 atom stereocenters. The third kappa shape index (κ3) is 7.60. The quantitative estimate of drug-likeness (QED) is 0.697. The molecule has 0 bridgehead atoms. The molecule has 0 aliphatic carbocycles. The van der Waals surface area contributed by atoms with Crippen LogP contribution in [0.3, 0.4) is 0 Å². The molecule has 0 rings (SSSR count). The molecule has 0 aliphatic heterocycles. The Kier molecular flexibility index (Phi) is 5.04. The van der Waals surface area contributed by atoms with E-state index in [-0.39, 0.29) is 0 Å². The van der Waals surface area contributed by atoms with Gasteiger partial charge in [0.25, 0.3) is 0 Å². The number of alkyl halides is 3. The Morgan fingerprint density at radius 1 is 1.40 bits per heavy atom. The van der Waals surface area contributed by atoms with Crippen LogP contribution >= 0.6 is 10.8 Å². The third-order valence-corrected chi connectivity index (χ3v) is 2.78. The summed E-state index contributed by atoms with van der Waals surface area (Å²) < 4.78 is 54.9. The molecule has 4 nitrogen and oxygen atoms in total. The first-order chi connectivity index (χ1) is 6.53. The minimum atomic E-state index is -4.54. The number of hydrogen-bond donors (Lipinski definition) is 3. The molecule has 0 saturated carbocycles. The summed E-state index contributed by atoms with van der Waals surface area (Å²) in [4.78, 5) is 11.1. The first-order valence-corrected chi connectivity index (χ1v) is 5.85. The van der Waals surface area contributed by atoms with Crippen molar-refractivity contribution in [2.75, 3.05) is 12.3 Å². The molecular formula is C7H14F3NO3S. The number of rotatable bonds is 5. The highest BCUT2D eigenvalue weighted by Crippen LogP contribution is 2.34. The van der Waals surface area contributed by atoms with Crippen molar-refractivity contribution in [3.63, 3.8) is 0 Å². The Balaban J connectivity index is 4.14. The second-order valence-corrected chi connectivity index (χ2v) is 5.28. The van der Waals surface area contributed by atoms with E-state index in [1.54, 1.807) is 0 Å². The summed E-state index contributed by atoms with van der Waals surface area (Å²) in [5.74, 6) is -1.63. The lowest BCUT2D eigenvalue weighted by Crippen LogP contribution is -2.34. The van der Waals surface area contributed by atoms with Crippen LogP contribution in [-0.4, -0.2) is 33.4 Å². The number of hydrogen-bond acceptors (Lipinski definition) is 4. The summed E-state index contributed by atoms with van der Waals surface area (Å²) in [6.45, 7) is 1.53. The number of ketones is 1. The van der Waals surface area contributed by atoms with Crippen molar-refractivity contribution in [3.8, 4) is 0 Å². The smallest absolute Gasteiger partial charge is 0.298 e. The first kappa shape index (κ1) is 14.7. The normalized spacial score (nSPS) is 14.4. The topological polar surface area (TPSA) is 69.6 Å². The molecule has 0 amide bonds. The predicted octanol–water partition coefficient (Wildman–Crippen LogP) is 2.03. The van der Waals surface area contributed by atoms with Gasteiger partial charge in [0.1, 0.15) is 12.3 Å². The van der Waals surface area contributed by atoms with E-state index in [2.05, 4.69) is 0 Å². The van der Waals surface area contributed by atoms with Crippen molar-refractivity contribution in [1.82, 2.24) is 4.72 Å². The Hall–Kier alpha value is -0.310. The maximum absolute atomic E-state index is 11.7. The van der Waals surface area contributed by atoms with Gasteiger partial charge < -0.3 is 0 Å². The van der Waals surface area contributed by atoms with Crippen LogP contribution in [0.15, 0.2) is 0 Å². The average Bonchev–Trinajstić information content (AvgIpc) is 1.99. The summed E-state index contributed by atoms with van der Waals surface area (Å²) >= 11 is 0. The lowest BCUT2D eigenvalue weighted by atomic mass is 10.1. The Bertz CT molecular complexity index is 230. The van der Waals surface area contributed by atoms with Crippen LogP contribution in [0.2, 0.25) is 0 Å². The molecule has 0 aromatic carbocycles. The fourth-order valence-electron chi connectivity index (χ4n) is 0.613. The van der Waals surface area contributed by atoms with Gasteiger partial charge in [-0.2, -0.15) is 13.2 Å². The van der Waals surface area contributed by atoms with Crippen molar-refractivity contribution in [2.24, 2.45) is 5.92 Å². The molecule has 92 valence electrons. The largest absolute Gasteiger partial charge is 0.402 e. The second kappa shape index (κ2) is 5.15. The predicted molar refractivity (Wildman–Crippen MR) is 51.6 cm³/mol. The highest BCUT2D eigenvalue weighted by molar-refractivity contribution is 8.23. The molecule has 0 spiro atoms. The van der Waals surface area contributed by atoms with E-state index < -0.39 is 41.0 Å². The van der Waals surface area contributed by atoms with Gasteiger partial charge in [0.2, 0.25) is 0 Å². The van der Waals surface area contributed by atoms with Crippen molar-refractivity contribution in [3.05, 3.63) is 0 Å². The molecule has 0 unspecified atom stereocenters. The average molecular weight is 249 g/mol. The molecule has 15 heavy (non-hydrogen) atoms. The van der Waals surface area contributed by atoms with Crippen molar-refractivity contribution >= 4 is 16.6 Å². The number of halogens is 3. The number of carbonyl (C=O) groups excluding carboxylic acids is 1. The van der Waals surface area contributed by atoms with Gasteiger partial charge in [0.15, 0.2) is 5.78 Å². The Labute approximate surface area is 87.3 Å². The fourth-order valence-corrected chi connectivity index (χ4v) is 1.84. The van der Waals surface area contributed by atoms with Gasteiger partial charge >= 0.3 is 6.18 Å². The Morgan fingerprint density at radius 2 is 1.87 bits per heavy atom. The molecule has 0 radical (unpaired) electrons. The summed E-state index contributed by atoms with van der Waals surface area (Å²) in [6, 6.07) is 0. The summed E-state index contributed by atoms with van der Waals surface area (Å²) in [7, 11) is -3.68. The van der Waals surface area contributed by atoms with Crippen LogP contribution in [0.5, 0.6) is 0 Å². The third-order valence-electron chi connectivity index (χ3n) is 1.49. The van der Waals surface area contributed by atoms with Crippen LogP contribution in [0, 0.1) is 5.92 Å². The van der Waals surface area contributed by atoms with Crippen molar-refractivity contribution in [1.29, 1.82) is 0 Å². The minimum Gasteiger partial charge on any atom is -0.298 e. The summed E-state index contributed by atoms with van der Waals surface area (Å²) in [6.07, 6.45) is -4.54. The molecular weight excluding hydrogens is 235 g/mol. The van der Waals surface area contributed by atoms with Crippen LogP contribution in [0.4, 0.5) is 13.2 Å². The number of Topliss-reactive ketones (excluding diaryl/α,β-unsaturated/α-hetero) is 1. The molecule has 0 aromatic heterocycles. The maximum atomic E-state index is 11.7. The van der Waals surface area contributed by atoms with Gasteiger partial charge in [0.05, 0.1) is 0 Å². The van der Waals surface area contributed by atoms with Gasteiger partial charge in [-0.3, -0.25) is 13.9 Å². The molecule has 3 N–H and O–H groups in total. The van der Waals surface area contributed by atoms with E-state index in [4.69, 9.17) is 9.11 Å². The Morgan fingerprint density at radius 3 is 2.20 bits per heavy atom. The van der Waals surface area contributed by atoms with Crippen LogP contribution in [-0.2, 0) is 4.79 Å². The van der Waals surface area contributed by atoms with E-state index >= 15 is 0 Å². The zero-order valence-corrected chi connectivity index (χ0v) is 9.15. The molecule has 0 aliphatic rings. The standard InChI is InChI=1S/C7H14F3NO3S/c1-5(2)6(12)3-15(13,14)11-4-7(8,9)10/h5,11,13-14H,3-4H2,1-2H3. The van der Waals surface area contributed by atoms with E-state index in [0.29, 0.717) is 0 Å². The van der Waals surface area contributed by atoms with E-state index in [1.807, 2.05) is 0 Å². The molecule has 8 heteroatoms. The van der Waals surface area contributed by atoms with Crippen LogP contribution in [0.25, 0.3) is 0 Å². The summed E-state index contributed by atoms with van der Waals surface area (Å²) in [5, 5.41) is 0. The zero-order chi connectivity index (χ0) is 12.3. The van der Waals surface area contributed by atoms with E-state index in [1.165, 1.54) is 18.6 Å². The molecule has 0 heterocycles. The number of carbonyl (C=O) groups is 1. The second-order valence-electron chi connectivity index (χ2n) is 3.37. The van der Waals surface area contributed by atoms with E-state index in [9.17, 15) is 18.0 Å². The SMILES string of the molecule is CC(C)C(=O)CS(O)(O)NCC(F)(F)F. The van der Waals surface area contributed by atoms with Gasteiger partial charge in [-0.1, -0.05) is 13.8 Å². The number of nitrogens with one attached hydrogen (secondary N) is 1. The van der Waals surface area contributed by atoms with Crippen molar-refractivity contribution in [2.45, 2.75) is 20.0 Å². The highest BCUT2D eigenvalue weighted by atomic mass is 32.3. The van der Waals surface area contributed by atoms with Crippen LogP contribution in [0.1, 0.15) is 13.8 Å². The van der Waals surface area contributed by atoms with Crippen LogP contribution < -0.4 is 4.72 Å². The lowest BCUT2D eigenvalue weighted by molar-refractivity contribution is -0.122. The molecule has 0 saturated heterocycles. The molecule has 0 fully saturated rings. The maximum Gasteiger partial charge on any atom is 0.402 e. The van der Waals surface area contributed by atoms with Crippen molar-refractivity contribution < 1.29 is 27.1 Å². The first-order valence-electron chi connectivity index (χ1n) is 4.13. The van der Waals surface area contributed by atoms with Gasteiger partial charge in [0, 0.05) is 5.92 Å². The van der Waals surface area contributed by atoms with Gasteiger partial charge in [-0.25, -0.2) is 4.72 Å². The zero-order valence-electron chi connectivity index (χ0n) is 8.34. The minimum absolute atomic E-state index is 0.441. The lowest BCUT2D eigenvalue weighted by Gasteiger charge is -2.33. The fraction of sp³-hybridized carbons (Fsp3) is 0.857. The van der Waals surface area contributed by atoms with E-state index in [0.717, 1.165) is 0 Å². The van der Waals surface area contributed by atoms with Gasteiger partial charge in [-0.15, -0.1) is 10.8 Å². The van der Waals surface area contributed by atoms with Gasteiger partial charge in [-0.05, 0) is 0 Å². The monoisotopic (exact) mass is 249 g/mol. The molecule has 0 aromatic rings. The highest BCUT2D eigenvalue weighted by Gasteiger charge is 2.30.